The lowest BCUT2D eigenvalue weighted by molar-refractivity contribution is 0.425. The molecule has 4 aromatic rings. The van der Waals surface area contributed by atoms with Crippen molar-refractivity contribution in [3.63, 3.8) is 0 Å². The molecule has 3 aromatic heterocycles. The van der Waals surface area contributed by atoms with Gasteiger partial charge in [0, 0.05) is 23.7 Å². The lowest BCUT2D eigenvalue weighted by atomic mass is 10.2. The van der Waals surface area contributed by atoms with Crippen molar-refractivity contribution >= 4 is 29.3 Å². The van der Waals surface area contributed by atoms with Crippen LogP contribution < -0.4 is 4.90 Å². The van der Waals surface area contributed by atoms with Crippen LogP contribution in [0.2, 0.25) is 5.02 Å². The Balaban J connectivity index is 1.34. The summed E-state index contributed by atoms with van der Waals surface area (Å²) in [6.45, 7) is 2.57. The molecule has 1 fully saturated rings. The molecule has 4 heterocycles. The predicted molar refractivity (Wildman–Crippen MR) is 114 cm³/mol. The molecule has 0 aliphatic carbocycles. The standard InChI is InChI=1S/C20H19ClN6O2S/c21-15-7-5-14(6-8-15)18-22-17(25-29-18)13-30-20-24-23-19(26-9-1-2-10-26)27(20)12-16-4-3-11-28-16/h3-8,11H,1-2,9-10,12-13H2. The molecule has 0 bridgehead atoms. The van der Waals surface area contributed by atoms with Gasteiger partial charge in [0.1, 0.15) is 5.76 Å². The summed E-state index contributed by atoms with van der Waals surface area (Å²) in [5.41, 5.74) is 0.834. The number of hydrogen-bond acceptors (Lipinski definition) is 8. The van der Waals surface area contributed by atoms with Gasteiger partial charge in [-0.15, -0.1) is 10.2 Å². The van der Waals surface area contributed by atoms with Crippen molar-refractivity contribution in [2.75, 3.05) is 18.0 Å². The zero-order valence-electron chi connectivity index (χ0n) is 16.1. The molecule has 1 aliphatic rings. The first-order valence-electron chi connectivity index (χ1n) is 9.68. The van der Waals surface area contributed by atoms with Crippen LogP contribution in [0.25, 0.3) is 11.5 Å². The highest BCUT2D eigenvalue weighted by atomic mass is 35.5. The van der Waals surface area contributed by atoms with Crippen LogP contribution in [0.15, 0.2) is 56.8 Å². The fraction of sp³-hybridized carbons (Fsp3) is 0.300. The molecule has 0 unspecified atom stereocenters. The van der Waals surface area contributed by atoms with Crippen molar-refractivity contribution < 1.29 is 8.94 Å². The number of aromatic nitrogens is 5. The number of halogens is 1. The van der Waals surface area contributed by atoms with Gasteiger partial charge in [0.2, 0.25) is 5.95 Å². The highest BCUT2D eigenvalue weighted by molar-refractivity contribution is 7.98. The molecule has 154 valence electrons. The van der Waals surface area contributed by atoms with Gasteiger partial charge in [0.05, 0.1) is 18.6 Å². The van der Waals surface area contributed by atoms with Crippen LogP contribution >= 0.6 is 23.4 Å². The third-order valence-corrected chi connectivity index (χ3v) is 6.08. The van der Waals surface area contributed by atoms with Gasteiger partial charge < -0.3 is 13.8 Å². The molecule has 0 saturated carbocycles. The van der Waals surface area contributed by atoms with Gasteiger partial charge in [0.15, 0.2) is 11.0 Å². The third kappa shape index (κ3) is 4.08. The van der Waals surface area contributed by atoms with Crippen molar-refractivity contribution in [2.45, 2.75) is 30.3 Å². The lowest BCUT2D eigenvalue weighted by Gasteiger charge is -2.17. The van der Waals surface area contributed by atoms with Crippen LogP contribution in [-0.4, -0.2) is 38.0 Å². The van der Waals surface area contributed by atoms with Crippen LogP contribution in [0.4, 0.5) is 5.95 Å². The summed E-state index contributed by atoms with van der Waals surface area (Å²) in [7, 11) is 0. The zero-order valence-corrected chi connectivity index (χ0v) is 17.6. The summed E-state index contributed by atoms with van der Waals surface area (Å²) in [5, 5.41) is 14.4. The van der Waals surface area contributed by atoms with E-state index in [1.165, 1.54) is 24.6 Å². The fourth-order valence-corrected chi connectivity index (χ4v) is 4.29. The first-order valence-corrected chi connectivity index (χ1v) is 11.0. The molecule has 0 amide bonds. The Morgan fingerprint density at radius 1 is 1.07 bits per heavy atom. The molecule has 30 heavy (non-hydrogen) atoms. The minimum atomic E-state index is 0.470. The third-order valence-electron chi connectivity index (χ3n) is 4.87. The summed E-state index contributed by atoms with van der Waals surface area (Å²) >= 11 is 7.47. The van der Waals surface area contributed by atoms with E-state index in [1.54, 1.807) is 18.4 Å². The average molecular weight is 443 g/mol. The van der Waals surface area contributed by atoms with E-state index in [-0.39, 0.29) is 0 Å². The first-order chi connectivity index (χ1) is 14.8. The first kappa shape index (κ1) is 19.2. The summed E-state index contributed by atoms with van der Waals surface area (Å²) in [4.78, 5) is 6.76. The zero-order chi connectivity index (χ0) is 20.3. The van der Waals surface area contributed by atoms with E-state index in [4.69, 9.17) is 20.5 Å². The van der Waals surface area contributed by atoms with E-state index in [0.29, 0.717) is 29.0 Å². The van der Waals surface area contributed by atoms with Gasteiger partial charge >= 0.3 is 0 Å². The van der Waals surface area contributed by atoms with Crippen molar-refractivity contribution in [2.24, 2.45) is 0 Å². The summed E-state index contributed by atoms with van der Waals surface area (Å²) in [5.74, 6) is 3.33. The minimum Gasteiger partial charge on any atom is -0.467 e. The number of thioether (sulfide) groups is 1. The maximum atomic E-state index is 5.94. The maximum absolute atomic E-state index is 5.94. The van der Waals surface area contributed by atoms with E-state index in [2.05, 4.69) is 29.8 Å². The second-order valence-electron chi connectivity index (χ2n) is 6.95. The minimum absolute atomic E-state index is 0.470. The molecule has 1 saturated heterocycles. The topological polar surface area (TPSA) is 86.0 Å². The van der Waals surface area contributed by atoms with Gasteiger partial charge in [-0.3, -0.25) is 4.57 Å². The van der Waals surface area contributed by atoms with Gasteiger partial charge in [-0.25, -0.2) is 0 Å². The van der Waals surface area contributed by atoms with Crippen molar-refractivity contribution in [3.8, 4) is 11.5 Å². The van der Waals surface area contributed by atoms with Crippen LogP contribution in [-0.2, 0) is 12.3 Å². The summed E-state index contributed by atoms with van der Waals surface area (Å²) < 4.78 is 13.0. The molecule has 10 heteroatoms. The van der Waals surface area contributed by atoms with Crippen LogP contribution in [0.1, 0.15) is 24.4 Å². The Morgan fingerprint density at radius 2 is 1.90 bits per heavy atom. The Labute approximate surface area is 182 Å². The number of anilines is 1. The molecule has 0 N–H and O–H groups in total. The van der Waals surface area contributed by atoms with E-state index >= 15 is 0 Å². The molecule has 0 atom stereocenters. The normalized spacial score (nSPS) is 14.0. The molecule has 0 spiro atoms. The van der Waals surface area contributed by atoms with E-state index in [1.807, 2.05) is 24.3 Å². The SMILES string of the molecule is Clc1ccc(-c2nc(CSc3nnc(N4CCCC4)n3Cc3ccco3)no2)cc1. The number of nitrogens with zero attached hydrogens (tertiary/aromatic N) is 6. The van der Waals surface area contributed by atoms with E-state index in [9.17, 15) is 0 Å². The van der Waals surface area contributed by atoms with Crippen LogP contribution in [0.5, 0.6) is 0 Å². The Bertz CT molecular complexity index is 1100. The smallest absolute Gasteiger partial charge is 0.257 e. The Hall–Kier alpha value is -2.78. The van der Waals surface area contributed by atoms with Gasteiger partial charge in [-0.05, 0) is 49.2 Å². The number of furan rings is 1. The van der Waals surface area contributed by atoms with Crippen LogP contribution in [0, 0.1) is 0 Å². The second kappa shape index (κ2) is 8.53. The fourth-order valence-electron chi connectivity index (χ4n) is 3.39. The van der Waals surface area contributed by atoms with Crippen molar-refractivity contribution in [1.82, 2.24) is 24.9 Å². The monoisotopic (exact) mass is 442 g/mol. The molecule has 1 aromatic carbocycles. The molecular weight excluding hydrogens is 424 g/mol. The molecule has 0 radical (unpaired) electrons. The predicted octanol–water partition coefficient (Wildman–Crippen LogP) is 4.52. The molecular formula is C20H19ClN6O2S. The average Bonchev–Trinajstić information content (AvgIpc) is 3.55. The second-order valence-corrected chi connectivity index (χ2v) is 8.33. The van der Waals surface area contributed by atoms with E-state index in [0.717, 1.165) is 35.5 Å². The largest absolute Gasteiger partial charge is 0.467 e. The van der Waals surface area contributed by atoms with Crippen molar-refractivity contribution in [1.29, 1.82) is 0 Å². The molecule has 5 rings (SSSR count). The quantitative estimate of drug-likeness (QED) is 0.386. The molecule has 8 nitrogen and oxygen atoms in total. The van der Waals surface area contributed by atoms with E-state index < -0.39 is 0 Å². The number of rotatable bonds is 7. The lowest BCUT2D eigenvalue weighted by Crippen LogP contribution is -2.22. The van der Waals surface area contributed by atoms with Gasteiger partial charge in [-0.2, -0.15) is 4.98 Å². The number of hydrogen-bond donors (Lipinski definition) is 0. The van der Waals surface area contributed by atoms with Crippen LogP contribution in [0.3, 0.4) is 0 Å². The van der Waals surface area contributed by atoms with Gasteiger partial charge in [0.25, 0.3) is 5.89 Å². The van der Waals surface area contributed by atoms with Crippen molar-refractivity contribution in [3.05, 3.63) is 59.3 Å². The maximum Gasteiger partial charge on any atom is 0.257 e. The Morgan fingerprint density at radius 3 is 2.67 bits per heavy atom. The summed E-state index contributed by atoms with van der Waals surface area (Å²) in [6.07, 6.45) is 4.03. The summed E-state index contributed by atoms with van der Waals surface area (Å²) in [6, 6.07) is 11.2. The number of benzene rings is 1. The highest BCUT2D eigenvalue weighted by Crippen LogP contribution is 2.28. The molecule has 1 aliphatic heterocycles. The highest BCUT2D eigenvalue weighted by Gasteiger charge is 2.22. The van der Waals surface area contributed by atoms with Gasteiger partial charge in [-0.1, -0.05) is 28.5 Å². The Kier molecular flexibility index (Phi) is 5.46.